The van der Waals surface area contributed by atoms with Gasteiger partial charge in [-0.15, -0.1) is 0 Å². The predicted molar refractivity (Wildman–Crippen MR) is 120 cm³/mol. The monoisotopic (exact) mass is 397 g/mol. The molecule has 2 N–H and O–H groups in total. The van der Waals surface area contributed by atoms with Crippen molar-refractivity contribution in [3.8, 4) is 5.75 Å². The van der Waals surface area contributed by atoms with Gasteiger partial charge in [0.25, 0.3) is 0 Å². The van der Waals surface area contributed by atoms with E-state index >= 15 is 0 Å². The van der Waals surface area contributed by atoms with Gasteiger partial charge in [0.2, 0.25) is 11.9 Å². The third kappa shape index (κ3) is 4.91. The largest absolute Gasteiger partial charge is 0.497 e. The molecule has 0 saturated carbocycles. The maximum Gasteiger partial charge on any atom is 0.232 e. The number of anilines is 4. The summed E-state index contributed by atoms with van der Waals surface area (Å²) in [5, 5.41) is 6.59. The quantitative estimate of drug-likeness (QED) is 0.443. The Kier molecular flexibility index (Phi) is 5.85. The number of hydrogen-bond acceptors (Lipinski definition) is 6. The second-order valence-electron chi connectivity index (χ2n) is 6.86. The first-order valence-corrected chi connectivity index (χ1v) is 9.72. The van der Waals surface area contributed by atoms with Crippen LogP contribution in [-0.2, 0) is 6.42 Å². The normalized spacial score (nSPS) is 10.5. The molecule has 0 amide bonds. The van der Waals surface area contributed by atoms with Gasteiger partial charge < -0.3 is 15.4 Å². The standard InChI is InChI=1S/C24H23N5O/c1-17-9-6-7-14-21(17)26-24-28-22(16-18-10-8-13-20(15-18)30-2)27-23(29-24)25-19-11-4-3-5-12-19/h3-15H,16H2,1-2H3,(H2,25,26,27,28,29). The van der Waals surface area contributed by atoms with E-state index in [1.54, 1.807) is 7.11 Å². The maximum atomic E-state index is 5.33. The molecule has 0 saturated heterocycles. The van der Waals surface area contributed by atoms with Crippen LogP contribution in [0.3, 0.4) is 0 Å². The Morgan fingerprint density at radius 2 is 1.50 bits per heavy atom. The molecule has 1 aromatic heterocycles. The molecule has 4 rings (SSSR count). The number of aromatic nitrogens is 3. The summed E-state index contributed by atoms with van der Waals surface area (Å²) in [5.74, 6) is 2.45. The van der Waals surface area contributed by atoms with Gasteiger partial charge in [-0.2, -0.15) is 15.0 Å². The number of nitrogens with one attached hydrogen (secondary N) is 2. The van der Waals surface area contributed by atoms with Gasteiger partial charge in [0.1, 0.15) is 11.6 Å². The number of ether oxygens (including phenoxy) is 1. The van der Waals surface area contributed by atoms with Crippen LogP contribution in [0.4, 0.5) is 23.3 Å². The number of hydrogen-bond donors (Lipinski definition) is 2. The van der Waals surface area contributed by atoms with Crippen molar-refractivity contribution in [1.29, 1.82) is 0 Å². The fraction of sp³-hybridized carbons (Fsp3) is 0.125. The molecule has 0 bridgehead atoms. The van der Waals surface area contributed by atoms with Gasteiger partial charge in [-0.3, -0.25) is 0 Å². The van der Waals surface area contributed by atoms with E-state index in [0.717, 1.165) is 28.3 Å². The lowest BCUT2D eigenvalue weighted by molar-refractivity contribution is 0.414. The van der Waals surface area contributed by atoms with Gasteiger partial charge in [0, 0.05) is 17.8 Å². The van der Waals surface area contributed by atoms with Crippen LogP contribution < -0.4 is 15.4 Å². The lowest BCUT2D eigenvalue weighted by atomic mass is 10.1. The zero-order valence-electron chi connectivity index (χ0n) is 17.0. The second kappa shape index (κ2) is 9.05. The van der Waals surface area contributed by atoms with E-state index in [-0.39, 0.29) is 0 Å². The van der Waals surface area contributed by atoms with Gasteiger partial charge >= 0.3 is 0 Å². The zero-order chi connectivity index (χ0) is 20.8. The van der Waals surface area contributed by atoms with Crippen LogP contribution in [0.1, 0.15) is 17.0 Å². The summed E-state index contributed by atoms with van der Waals surface area (Å²) < 4.78 is 5.33. The molecule has 0 aliphatic carbocycles. The average Bonchev–Trinajstić information content (AvgIpc) is 2.76. The average molecular weight is 397 g/mol. The van der Waals surface area contributed by atoms with E-state index in [2.05, 4.69) is 25.6 Å². The molecule has 0 unspecified atom stereocenters. The van der Waals surface area contributed by atoms with E-state index in [0.29, 0.717) is 24.1 Å². The van der Waals surface area contributed by atoms with Crippen molar-refractivity contribution in [2.24, 2.45) is 0 Å². The van der Waals surface area contributed by atoms with Crippen molar-refractivity contribution in [2.45, 2.75) is 13.3 Å². The van der Waals surface area contributed by atoms with Gasteiger partial charge in [-0.25, -0.2) is 0 Å². The summed E-state index contributed by atoms with van der Waals surface area (Å²) in [7, 11) is 1.66. The van der Waals surface area contributed by atoms with Crippen molar-refractivity contribution in [3.63, 3.8) is 0 Å². The van der Waals surface area contributed by atoms with E-state index in [4.69, 9.17) is 4.74 Å². The highest BCUT2D eigenvalue weighted by atomic mass is 16.5. The Morgan fingerprint density at radius 1 is 0.767 bits per heavy atom. The predicted octanol–water partition coefficient (Wildman–Crippen LogP) is 5.27. The molecule has 0 spiro atoms. The van der Waals surface area contributed by atoms with Crippen LogP contribution in [0.5, 0.6) is 5.75 Å². The van der Waals surface area contributed by atoms with Crippen molar-refractivity contribution >= 4 is 23.3 Å². The molecule has 6 heteroatoms. The number of para-hydroxylation sites is 2. The lowest BCUT2D eigenvalue weighted by Gasteiger charge is -2.12. The second-order valence-corrected chi connectivity index (χ2v) is 6.86. The molecule has 0 atom stereocenters. The summed E-state index contributed by atoms with van der Waals surface area (Å²) in [5.41, 5.74) is 4.05. The molecule has 1 heterocycles. The molecule has 6 nitrogen and oxygen atoms in total. The van der Waals surface area contributed by atoms with Gasteiger partial charge in [-0.05, 0) is 48.4 Å². The highest BCUT2D eigenvalue weighted by Gasteiger charge is 2.10. The summed E-state index contributed by atoms with van der Waals surface area (Å²) in [6.07, 6.45) is 0.561. The molecule has 0 aliphatic heterocycles. The van der Waals surface area contributed by atoms with Gasteiger partial charge in [0.05, 0.1) is 7.11 Å². The third-order valence-corrected chi connectivity index (χ3v) is 4.60. The third-order valence-electron chi connectivity index (χ3n) is 4.60. The smallest absolute Gasteiger partial charge is 0.232 e. The fourth-order valence-electron chi connectivity index (χ4n) is 3.06. The first-order chi connectivity index (χ1) is 14.7. The Balaban J connectivity index is 1.67. The molecule has 4 aromatic rings. The number of rotatable bonds is 7. The van der Waals surface area contributed by atoms with Crippen molar-refractivity contribution in [2.75, 3.05) is 17.7 Å². The first-order valence-electron chi connectivity index (χ1n) is 9.72. The first kappa shape index (κ1) is 19.4. The number of methoxy groups -OCH3 is 1. The highest BCUT2D eigenvalue weighted by molar-refractivity contribution is 5.60. The highest BCUT2D eigenvalue weighted by Crippen LogP contribution is 2.21. The van der Waals surface area contributed by atoms with Crippen molar-refractivity contribution in [3.05, 3.63) is 95.8 Å². The Hall–Kier alpha value is -3.93. The number of benzene rings is 3. The lowest BCUT2D eigenvalue weighted by Crippen LogP contribution is -2.08. The topological polar surface area (TPSA) is 72.0 Å². The molecule has 0 radical (unpaired) electrons. The summed E-state index contributed by atoms with van der Waals surface area (Å²) in [4.78, 5) is 13.8. The zero-order valence-corrected chi connectivity index (χ0v) is 17.0. The van der Waals surface area contributed by atoms with Crippen LogP contribution >= 0.6 is 0 Å². The van der Waals surface area contributed by atoms with E-state index in [1.807, 2.05) is 85.8 Å². The van der Waals surface area contributed by atoms with Crippen LogP contribution in [-0.4, -0.2) is 22.1 Å². The van der Waals surface area contributed by atoms with E-state index < -0.39 is 0 Å². The Morgan fingerprint density at radius 3 is 2.27 bits per heavy atom. The summed E-state index contributed by atoms with van der Waals surface area (Å²) >= 11 is 0. The SMILES string of the molecule is COc1cccc(Cc2nc(Nc3ccccc3)nc(Nc3ccccc3C)n2)c1. The van der Waals surface area contributed by atoms with Gasteiger partial charge in [0.15, 0.2) is 0 Å². The van der Waals surface area contributed by atoms with Crippen LogP contribution in [0.2, 0.25) is 0 Å². The molecule has 30 heavy (non-hydrogen) atoms. The van der Waals surface area contributed by atoms with Crippen LogP contribution in [0.25, 0.3) is 0 Å². The van der Waals surface area contributed by atoms with Crippen LogP contribution in [0, 0.1) is 6.92 Å². The molecule has 3 aromatic carbocycles. The Bertz CT molecular complexity index is 1130. The van der Waals surface area contributed by atoms with E-state index in [9.17, 15) is 0 Å². The minimum atomic E-state index is 0.491. The minimum absolute atomic E-state index is 0.491. The van der Waals surface area contributed by atoms with Gasteiger partial charge in [-0.1, -0.05) is 48.5 Å². The van der Waals surface area contributed by atoms with Crippen molar-refractivity contribution in [1.82, 2.24) is 15.0 Å². The molecule has 150 valence electrons. The molecule has 0 fully saturated rings. The number of nitrogens with zero attached hydrogens (tertiary/aromatic N) is 3. The summed E-state index contributed by atoms with van der Waals surface area (Å²) in [6.45, 7) is 2.05. The summed E-state index contributed by atoms with van der Waals surface area (Å²) in [6, 6.07) is 25.8. The molecule has 0 aliphatic rings. The van der Waals surface area contributed by atoms with E-state index in [1.165, 1.54) is 0 Å². The number of aryl methyl sites for hydroxylation is 1. The van der Waals surface area contributed by atoms with Crippen LogP contribution in [0.15, 0.2) is 78.9 Å². The molecular formula is C24H23N5O. The van der Waals surface area contributed by atoms with Crippen molar-refractivity contribution < 1.29 is 4.74 Å². The fourth-order valence-corrected chi connectivity index (χ4v) is 3.06. The maximum absolute atomic E-state index is 5.33. The minimum Gasteiger partial charge on any atom is -0.497 e. The molecular weight excluding hydrogens is 374 g/mol. The Labute approximate surface area is 176 Å².